The molecule has 2 aliphatic heterocycles. The summed E-state index contributed by atoms with van der Waals surface area (Å²) in [5.41, 5.74) is 3.49. The average molecular weight is 715 g/mol. The summed E-state index contributed by atoms with van der Waals surface area (Å²) in [5, 5.41) is 9.77. The second kappa shape index (κ2) is 13.8. The van der Waals surface area contributed by atoms with E-state index in [-0.39, 0.29) is 12.5 Å². The van der Waals surface area contributed by atoms with Crippen LogP contribution in [0.5, 0.6) is 0 Å². The number of benzene rings is 2. The van der Waals surface area contributed by atoms with E-state index in [1.54, 1.807) is 6.20 Å². The summed E-state index contributed by atoms with van der Waals surface area (Å²) in [6.07, 6.45) is 6.19. The van der Waals surface area contributed by atoms with Crippen molar-refractivity contribution in [3.8, 4) is 11.4 Å². The van der Waals surface area contributed by atoms with Gasteiger partial charge in [0.1, 0.15) is 11.3 Å². The number of likely N-dealkylation sites (N-methyl/N-ethyl adjacent to an activating group) is 1. The van der Waals surface area contributed by atoms with E-state index < -0.39 is 11.6 Å². The molecule has 4 aromatic rings. The van der Waals surface area contributed by atoms with Crippen molar-refractivity contribution in [2.75, 3.05) is 38.0 Å². The first-order chi connectivity index (χ1) is 21.4. The number of aromatic nitrogens is 4. The molecule has 3 N–H and O–H groups in total. The SMILES string of the molecule is CCN1CCC[C@H]1CNC(=O)c1ccc(-c2nc3cnc(NCc4ccc(F)c(F)c4)nc3n2C[C@@H]2CCCNC2)c(I)c1. The molecule has 2 atom stereocenters. The van der Waals surface area contributed by atoms with Gasteiger partial charge in [0, 0.05) is 40.4 Å². The van der Waals surface area contributed by atoms with Crippen LogP contribution < -0.4 is 16.0 Å². The Balaban J connectivity index is 1.26. The Morgan fingerprint density at radius 3 is 2.77 bits per heavy atom. The predicted molar refractivity (Wildman–Crippen MR) is 175 cm³/mol. The zero-order valence-corrected chi connectivity index (χ0v) is 26.9. The molecule has 2 aromatic heterocycles. The van der Waals surface area contributed by atoms with Crippen molar-refractivity contribution in [3.05, 3.63) is 68.9 Å². The van der Waals surface area contributed by atoms with Gasteiger partial charge in [-0.25, -0.2) is 18.7 Å². The first-order valence-electron chi connectivity index (χ1n) is 15.3. The highest BCUT2D eigenvalue weighted by Crippen LogP contribution is 2.30. The molecule has 44 heavy (non-hydrogen) atoms. The summed E-state index contributed by atoms with van der Waals surface area (Å²) in [7, 11) is 0. The van der Waals surface area contributed by atoms with E-state index in [0.29, 0.717) is 46.7 Å². The quantitative estimate of drug-likeness (QED) is 0.194. The van der Waals surface area contributed by atoms with Gasteiger partial charge in [-0.15, -0.1) is 0 Å². The van der Waals surface area contributed by atoms with Gasteiger partial charge in [-0.3, -0.25) is 9.69 Å². The molecular weight excluding hydrogens is 677 g/mol. The molecule has 2 aliphatic rings. The Labute approximate surface area is 269 Å². The minimum absolute atomic E-state index is 0.0678. The Hall–Kier alpha value is -3.23. The molecule has 1 amide bonds. The topological polar surface area (TPSA) is 100 Å². The number of hydrogen-bond acceptors (Lipinski definition) is 7. The molecule has 232 valence electrons. The van der Waals surface area contributed by atoms with Crippen LogP contribution in [0.15, 0.2) is 42.6 Å². The van der Waals surface area contributed by atoms with Crippen molar-refractivity contribution in [1.82, 2.24) is 35.1 Å². The molecule has 6 rings (SSSR count). The zero-order chi connectivity index (χ0) is 30.6. The van der Waals surface area contributed by atoms with Crippen LogP contribution in [-0.4, -0.2) is 69.1 Å². The van der Waals surface area contributed by atoms with Crippen LogP contribution in [0.1, 0.15) is 48.5 Å². The van der Waals surface area contributed by atoms with Crippen LogP contribution in [-0.2, 0) is 13.1 Å². The lowest BCUT2D eigenvalue weighted by Crippen LogP contribution is -2.40. The lowest BCUT2D eigenvalue weighted by Gasteiger charge is -2.24. The van der Waals surface area contributed by atoms with Gasteiger partial charge < -0.3 is 20.5 Å². The summed E-state index contributed by atoms with van der Waals surface area (Å²) >= 11 is 2.28. The van der Waals surface area contributed by atoms with Gasteiger partial charge >= 0.3 is 0 Å². The maximum absolute atomic E-state index is 13.7. The molecule has 2 saturated heterocycles. The molecule has 0 spiro atoms. The minimum Gasteiger partial charge on any atom is -0.350 e. The summed E-state index contributed by atoms with van der Waals surface area (Å²) < 4.78 is 30.1. The number of likely N-dealkylation sites (tertiary alicyclic amines) is 1. The molecule has 0 radical (unpaired) electrons. The molecule has 0 unspecified atom stereocenters. The molecule has 4 heterocycles. The van der Waals surface area contributed by atoms with E-state index in [2.05, 4.69) is 59.9 Å². The van der Waals surface area contributed by atoms with E-state index in [1.165, 1.54) is 18.6 Å². The number of carbonyl (C=O) groups is 1. The highest BCUT2D eigenvalue weighted by molar-refractivity contribution is 14.1. The number of halogens is 3. The second-order valence-electron chi connectivity index (χ2n) is 11.6. The number of fused-ring (bicyclic) bond motifs is 1. The number of anilines is 1. The first-order valence-corrected chi connectivity index (χ1v) is 16.4. The van der Waals surface area contributed by atoms with Crippen LogP contribution in [0.25, 0.3) is 22.6 Å². The van der Waals surface area contributed by atoms with Crippen LogP contribution in [0, 0.1) is 21.1 Å². The van der Waals surface area contributed by atoms with Gasteiger partial charge in [0.15, 0.2) is 17.3 Å². The van der Waals surface area contributed by atoms with Crippen molar-refractivity contribution >= 4 is 45.6 Å². The molecule has 0 aliphatic carbocycles. The van der Waals surface area contributed by atoms with Crippen molar-refractivity contribution in [2.24, 2.45) is 5.92 Å². The summed E-state index contributed by atoms with van der Waals surface area (Å²) in [5.74, 6) is -0.271. The third kappa shape index (κ3) is 6.86. The van der Waals surface area contributed by atoms with Crippen molar-refractivity contribution < 1.29 is 13.6 Å². The van der Waals surface area contributed by atoms with E-state index >= 15 is 0 Å². The molecule has 2 aromatic carbocycles. The normalized spacial score (nSPS) is 19.0. The summed E-state index contributed by atoms with van der Waals surface area (Å²) in [6.45, 7) is 7.82. The maximum atomic E-state index is 13.7. The van der Waals surface area contributed by atoms with Gasteiger partial charge in [0.2, 0.25) is 5.95 Å². The molecule has 2 fully saturated rings. The van der Waals surface area contributed by atoms with E-state index in [0.717, 1.165) is 73.0 Å². The Kier molecular flexibility index (Phi) is 9.67. The fraction of sp³-hybridized carbons (Fsp3) is 0.438. The van der Waals surface area contributed by atoms with Crippen molar-refractivity contribution in [2.45, 2.75) is 51.7 Å². The number of piperidine rings is 1. The predicted octanol–water partition coefficient (Wildman–Crippen LogP) is 5.20. The largest absolute Gasteiger partial charge is 0.350 e. The number of imidazole rings is 1. The zero-order valence-electron chi connectivity index (χ0n) is 24.8. The number of amides is 1. The fourth-order valence-electron chi connectivity index (χ4n) is 6.24. The third-order valence-electron chi connectivity index (χ3n) is 8.64. The first kappa shape index (κ1) is 30.8. The lowest BCUT2D eigenvalue weighted by atomic mass is 9.99. The standard InChI is InChI=1S/C32H37F2IN8O/c1-2-42-12-4-6-23(42)17-37-31(44)22-8-9-24(27(35)14-22)29-40-28-18-39-32(38-16-20-7-10-25(33)26(34)13-20)41-30(28)43(29)19-21-5-3-11-36-15-21/h7-10,13-14,18,21,23,36H,2-6,11-12,15-17,19H2,1H3,(H,37,44)(H,38,39,41)/t21-,23+/m1/s1. The Morgan fingerprint density at radius 1 is 1.11 bits per heavy atom. The number of nitrogens with one attached hydrogen (secondary N) is 3. The summed E-state index contributed by atoms with van der Waals surface area (Å²) in [6, 6.07) is 9.96. The van der Waals surface area contributed by atoms with Gasteiger partial charge in [-0.2, -0.15) is 4.98 Å². The van der Waals surface area contributed by atoms with Gasteiger partial charge in [-0.05, 0) is 116 Å². The number of nitrogens with zero attached hydrogens (tertiary/aromatic N) is 5. The smallest absolute Gasteiger partial charge is 0.251 e. The van der Waals surface area contributed by atoms with Gasteiger partial charge in [0.25, 0.3) is 5.91 Å². The minimum atomic E-state index is -0.889. The van der Waals surface area contributed by atoms with Gasteiger partial charge in [0.05, 0.1) is 6.20 Å². The molecule has 0 bridgehead atoms. The van der Waals surface area contributed by atoms with Gasteiger partial charge in [-0.1, -0.05) is 13.0 Å². The van der Waals surface area contributed by atoms with Crippen LogP contribution in [0.4, 0.5) is 14.7 Å². The van der Waals surface area contributed by atoms with Crippen LogP contribution in [0.3, 0.4) is 0 Å². The van der Waals surface area contributed by atoms with Crippen molar-refractivity contribution in [1.29, 1.82) is 0 Å². The van der Waals surface area contributed by atoms with Crippen LogP contribution >= 0.6 is 22.6 Å². The third-order valence-corrected chi connectivity index (χ3v) is 9.53. The highest BCUT2D eigenvalue weighted by atomic mass is 127. The van der Waals surface area contributed by atoms with E-state index in [9.17, 15) is 13.6 Å². The molecule has 12 heteroatoms. The molecular formula is C32H37F2IN8O. The highest BCUT2D eigenvalue weighted by Gasteiger charge is 2.25. The summed E-state index contributed by atoms with van der Waals surface area (Å²) in [4.78, 5) is 29.7. The Bertz CT molecular complexity index is 1640. The Morgan fingerprint density at radius 2 is 2.00 bits per heavy atom. The average Bonchev–Trinajstić information content (AvgIpc) is 3.65. The van der Waals surface area contributed by atoms with Crippen molar-refractivity contribution in [3.63, 3.8) is 0 Å². The van der Waals surface area contributed by atoms with Crippen LogP contribution in [0.2, 0.25) is 0 Å². The molecule has 0 saturated carbocycles. The molecule has 9 nitrogen and oxygen atoms in total. The van der Waals surface area contributed by atoms with E-state index in [1.807, 2.05) is 18.2 Å². The second-order valence-corrected chi connectivity index (χ2v) is 12.8. The number of hydrogen-bond donors (Lipinski definition) is 3. The lowest BCUT2D eigenvalue weighted by molar-refractivity contribution is 0.0941. The maximum Gasteiger partial charge on any atom is 0.251 e. The fourth-order valence-corrected chi connectivity index (χ4v) is 7.00. The monoisotopic (exact) mass is 714 g/mol. The number of carbonyl (C=O) groups excluding carboxylic acids is 1. The number of rotatable bonds is 10. The van der Waals surface area contributed by atoms with E-state index in [4.69, 9.17) is 9.97 Å².